The normalized spacial score (nSPS) is 19.4. The zero-order chi connectivity index (χ0) is 12.1. The highest BCUT2D eigenvalue weighted by atomic mass is 16.6. The van der Waals surface area contributed by atoms with Crippen molar-refractivity contribution in [1.29, 1.82) is 0 Å². The highest BCUT2D eigenvalue weighted by Gasteiger charge is 2.18. The van der Waals surface area contributed by atoms with Gasteiger partial charge in [0.1, 0.15) is 0 Å². The summed E-state index contributed by atoms with van der Waals surface area (Å²) >= 11 is 0. The van der Waals surface area contributed by atoms with Crippen LogP contribution < -0.4 is 0 Å². The summed E-state index contributed by atoms with van der Waals surface area (Å²) in [6, 6.07) is 0. The zero-order valence-electron chi connectivity index (χ0n) is 8.65. The Morgan fingerprint density at radius 3 is 1.75 bits per heavy atom. The van der Waals surface area contributed by atoms with Crippen LogP contribution in [-0.4, -0.2) is 23.9 Å². The van der Waals surface area contributed by atoms with Crippen molar-refractivity contribution in [3.63, 3.8) is 0 Å². The van der Waals surface area contributed by atoms with Crippen molar-refractivity contribution in [3.05, 3.63) is 11.6 Å². The Balaban J connectivity index is 0.000000160. The van der Waals surface area contributed by atoms with Gasteiger partial charge in [-0.2, -0.15) is 0 Å². The Labute approximate surface area is 91.2 Å². The highest BCUT2D eigenvalue weighted by molar-refractivity contribution is 6.08. The quantitative estimate of drug-likeness (QED) is 0.435. The molecule has 86 valence electrons. The van der Waals surface area contributed by atoms with E-state index in [9.17, 15) is 19.2 Å². The van der Waals surface area contributed by atoms with Gasteiger partial charge in [0.2, 0.25) is 0 Å². The third-order valence-electron chi connectivity index (χ3n) is 1.84. The minimum absolute atomic E-state index is 0.370. The summed E-state index contributed by atoms with van der Waals surface area (Å²) in [7, 11) is 0. The number of ether oxygens (including phenoxy) is 2. The van der Waals surface area contributed by atoms with Crippen molar-refractivity contribution in [2.75, 3.05) is 0 Å². The molecule has 6 nitrogen and oxygen atoms in total. The molecule has 16 heavy (non-hydrogen) atoms. The van der Waals surface area contributed by atoms with E-state index in [1.165, 1.54) is 13.0 Å². The number of esters is 4. The number of rotatable bonds is 0. The average molecular weight is 226 g/mol. The van der Waals surface area contributed by atoms with E-state index in [0.29, 0.717) is 24.8 Å². The van der Waals surface area contributed by atoms with Gasteiger partial charge in [0.15, 0.2) is 0 Å². The van der Waals surface area contributed by atoms with Gasteiger partial charge in [0.25, 0.3) is 0 Å². The van der Waals surface area contributed by atoms with Gasteiger partial charge in [-0.15, -0.1) is 0 Å². The molecule has 6 heteroatoms. The maximum atomic E-state index is 10.3. The summed E-state index contributed by atoms with van der Waals surface area (Å²) in [5, 5.41) is 0. The summed E-state index contributed by atoms with van der Waals surface area (Å²) in [6.45, 7) is 1.53. The standard InChI is InChI=1S/C5H4O3.C5H6O3/c1-3-2-4(6)8-5(3)7;6-4-2-1-3-5(7)8-4/h2H,1H3;1-3H2. The SMILES string of the molecule is CC1=CC(=O)OC1=O.O=C1CCCC(=O)O1. The second kappa shape index (κ2) is 5.20. The fourth-order valence-corrected chi connectivity index (χ4v) is 1.04. The van der Waals surface area contributed by atoms with Crippen LogP contribution in [0.2, 0.25) is 0 Å². The number of cyclic esters (lactones) is 4. The molecule has 2 rings (SSSR count). The molecule has 0 saturated carbocycles. The summed E-state index contributed by atoms with van der Waals surface area (Å²) in [5.74, 6) is -1.87. The van der Waals surface area contributed by atoms with Crippen LogP contribution >= 0.6 is 0 Å². The summed E-state index contributed by atoms with van der Waals surface area (Å²) in [4.78, 5) is 40.9. The lowest BCUT2D eigenvalue weighted by molar-refractivity contribution is -0.163. The molecule has 0 bridgehead atoms. The van der Waals surface area contributed by atoms with Crippen LogP contribution in [0.3, 0.4) is 0 Å². The molecular formula is C10H10O6. The Bertz CT molecular complexity index is 365. The topological polar surface area (TPSA) is 86.7 Å². The number of carbonyl (C=O) groups is 4. The summed E-state index contributed by atoms with van der Waals surface area (Å²) < 4.78 is 8.31. The van der Waals surface area contributed by atoms with Gasteiger partial charge in [-0.3, -0.25) is 9.59 Å². The second-order valence-corrected chi connectivity index (χ2v) is 3.24. The first kappa shape index (κ1) is 12.1. The molecule has 0 aromatic rings. The molecule has 0 aliphatic carbocycles. The first-order valence-corrected chi connectivity index (χ1v) is 4.67. The Morgan fingerprint density at radius 1 is 1.00 bits per heavy atom. The molecule has 0 aromatic carbocycles. The van der Waals surface area contributed by atoms with Gasteiger partial charge < -0.3 is 9.47 Å². The third-order valence-corrected chi connectivity index (χ3v) is 1.84. The molecule has 0 atom stereocenters. The van der Waals surface area contributed by atoms with Crippen molar-refractivity contribution < 1.29 is 28.7 Å². The Hall–Kier alpha value is -1.98. The summed E-state index contributed by atoms with van der Waals surface area (Å²) in [6.07, 6.45) is 2.61. The summed E-state index contributed by atoms with van der Waals surface area (Å²) in [5.41, 5.74) is 0.370. The molecule has 1 saturated heterocycles. The van der Waals surface area contributed by atoms with Gasteiger partial charge in [-0.25, -0.2) is 9.59 Å². The molecule has 2 aliphatic heterocycles. The van der Waals surface area contributed by atoms with Crippen molar-refractivity contribution in [2.45, 2.75) is 26.2 Å². The lowest BCUT2D eigenvalue weighted by Gasteiger charge is -2.06. The number of hydrogen-bond donors (Lipinski definition) is 0. The molecule has 1 fully saturated rings. The van der Waals surface area contributed by atoms with E-state index in [1.807, 2.05) is 0 Å². The smallest absolute Gasteiger partial charge is 0.341 e. The van der Waals surface area contributed by atoms with E-state index in [0.717, 1.165) is 0 Å². The van der Waals surface area contributed by atoms with E-state index in [-0.39, 0.29) is 11.9 Å². The van der Waals surface area contributed by atoms with E-state index < -0.39 is 11.9 Å². The van der Waals surface area contributed by atoms with Crippen molar-refractivity contribution in [2.24, 2.45) is 0 Å². The molecule has 0 aromatic heterocycles. The molecule has 0 spiro atoms. The van der Waals surface area contributed by atoms with Crippen LogP contribution in [0.4, 0.5) is 0 Å². The lowest BCUT2D eigenvalue weighted by Crippen LogP contribution is -2.17. The van der Waals surface area contributed by atoms with Crippen LogP contribution in [0, 0.1) is 0 Å². The van der Waals surface area contributed by atoms with E-state index >= 15 is 0 Å². The first-order valence-electron chi connectivity index (χ1n) is 4.67. The highest BCUT2D eigenvalue weighted by Crippen LogP contribution is 2.06. The van der Waals surface area contributed by atoms with Crippen LogP contribution in [0.25, 0.3) is 0 Å². The van der Waals surface area contributed by atoms with Crippen molar-refractivity contribution in [1.82, 2.24) is 0 Å². The van der Waals surface area contributed by atoms with Crippen LogP contribution in [-0.2, 0) is 28.7 Å². The largest absolute Gasteiger partial charge is 0.393 e. The second-order valence-electron chi connectivity index (χ2n) is 3.24. The predicted molar refractivity (Wildman–Crippen MR) is 49.8 cm³/mol. The van der Waals surface area contributed by atoms with Crippen LogP contribution in [0.15, 0.2) is 11.6 Å². The van der Waals surface area contributed by atoms with Gasteiger partial charge in [0.05, 0.1) is 0 Å². The van der Waals surface area contributed by atoms with Gasteiger partial charge in [-0.05, 0) is 13.3 Å². The maximum Gasteiger partial charge on any atom is 0.341 e. The van der Waals surface area contributed by atoms with Crippen LogP contribution in [0.5, 0.6) is 0 Å². The minimum Gasteiger partial charge on any atom is -0.393 e. The molecule has 0 unspecified atom stereocenters. The monoisotopic (exact) mass is 226 g/mol. The van der Waals surface area contributed by atoms with E-state index in [2.05, 4.69) is 9.47 Å². The van der Waals surface area contributed by atoms with Crippen molar-refractivity contribution >= 4 is 23.9 Å². The van der Waals surface area contributed by atoms with Gasteiger partial charge in [0, 0.05) is 24.5 Å². The van der Waals surface area contributed by atoms with Gasteiger partial charge in [-0.1, -0.05) is 0 Å². The first-order chi connectivity index (χ1) is 7.49. The fraction of sp³-hybridized carbons (Fsp3) is 0.400. The molecule has 2 heterocycles. The predicted octanol–water partition coefficient (Wildman–Crippen LogP) is 0.256. The molecule has 0 amide bonds. The number of hydrogen-bond acceptors (Lipinski definition) is 6. The zero-order valence-corrected chi connectivity index (χ0v) is 8.65. The Morgan fingerprint density at radius 2 is 1.56 bits per heavy atom. The van der Waals surface area contributed by atoms with Crippen LogP contribution in [0.1, 0.15) is 26.2 Å². The van der Waals surface area contributed by atoms with Crippen molar-refractivity contribution in [3.8, 4) is 0 Å². The lowest BCUT2D eigenvalue weighted by atomic mass is 10.2. The fourth-order valence-electron chi connectivity index (χ4n) is 1.04. The maximum absolute atomic E-state index is 10.3. The minimum atomic E-state index is -0.562. The molecular weight excluding hydrogens is 216 g/mol. The third kappa shape index (κ3) is 3.64. The van der Waals surface area contributed by atoms with E-state index in [4.69, 9.17) is 0 Å². The average Bonchev–Trinajstić information content (AvgIpc) is 2.44. The van der Waals surface area contributed by atoms with Gasteiger partial charge >= 0.3 is 23.9 Å². The van der Waals surface area contributed by atoms with E-state index in [1.54, 1.807) is 0 Å². The number of carbonyl (C=O) groups excluding carboxylic acids is 4. The Kier molecular flexibility index (Phi) is 3.93. The molecule has 0 N–H and O–H groups in total. The molecule has 2 aliphatic rings. The molecule has 0 radical (unpaired) electrons.